The second kappa shape index (κ2) is 9.40. The van der Waals surface area contributed by atoms with Crippen molar-refractivity contribution < 1.29 is 37.4 Å². The molecule has 0 fully saturated rings. The smallest absolute Gasteiger partial charge is 0.478 e. The summed E-state index contributed by atoms with van der Waals surface area (Å²) in [5.74, 6) is -7.19. The number of halogens is 3. The van der Waals surface area contributed by atoms with Crippen LogP contribution >= 0.6 is 0 Å². The van der Waals surface area contributed by atoms with Gasteiger partial charge in [-0.25, -0.2) is 9.59 Å². The van der Waals surface area contributed by atoms with E-state index in [4.69, 9.17) is 5.73 Å². The van der Waals surface area contributed by atoms with Crippen LogP contribution in [0, 0.1) is 5.92 Å². The number of ether oxygens (including phenoxy) is 1. The van der Waals surface area contributed by atoms with E-state index < -0.39 is 42.1 Å². The lowest BCUT2D eigenvalue weighted by atomic mass is 9.89. The SMILES string of the molecule is N[C@](CC(Cc1ccccc1)C(=O)OC(=O)C(F)(F)F)(Nc1ccccc1)C(=O)O. The fourth-order valence-electron chi connectivity index (χ4n) is 2.73. The third kappa shape index (κ3) is 6.31. The molecule has 0 amide bonds. The van der Waals surface area contributed by atoms with Gasteiger partial charge in [-0.05, 0) is 24.1 Å². The van der Waals surface area contributed by atoms with Gasteiger partial charge in [0.2, 0.25) is 0 Å². The van der Waals surface area contributed by atoms with Crippen LogP contribution in [0.5, 0.6) is 0 Å². The summed E-state index contributed by atoms with van der Waals surface area (Å²) in [6.07, 6.45) is -6.20. The topological polar surface area (TPSA) is 119 Å². The van der Waals surface area contributed by atoms with Crippen LogP contribution in [-0.4, -0.2) is 34.9 Å². The maximum Gasteiger partial charge on any atom is 0.491 e. The Morgan fingerprint density at radius 2 is 1.53 bits per heavy atom. The van der Waals surface area contributed by atoms with E-state index in [1.807, 2.05) is 0 Å². The van der Waals surface area contributed by atoms with Crippen LogP contribution in [0.25, 0.3) is 0 Å². The summed E-state index contributed by atoms with van der Waals surface area (Å²) in [7, 11) is 0. The second-order valence-electron chi connectivity index (χ2n) is 6.56. The number of nitrogens with one attached hydrogen (secondary N) is 1. The van der Waals surface area contributed by atoms with Crippen LogP contribution in [0.4, 0.5) is 18.9 Å². The molecule has 0 aliphatic heterocycles. The van der Waals surface area contributed by atoms with E-state index in [0.29, 0.717) is 11.3 Å². The van der Waals surface area contributed by atoms with Crippen molar-refractivity contribution in [2.24, 2.45) is 11.7 Å². The highest BCUT2D eigenvalue weighted by molar-refractivity contribution is 5.90. The average molecular weight is 424 g/mol. The van der Waals surface area contributed by atoms with Crippen LogP contribution < -0.4 is 11.1 Å². The Labute approximate surface area is 169 Å². The Morgan fingerprint density at radius 1 is 1.00 bits per heavy atom. The van der Waals surface area contributed by atoms with Crippen LogP contribution in [0.15, 0.2) is 60.7 Å². The van der Waals surface area contributed by atoms with Gasteiger partial charge in [-0.1, -0.05) is 48.5 Å². The molecule has 0 bridgehead atoms. The molecule has 0 heterocycles. The lowest BCUT2D eigenvalue weighted by molar-refractivity contribution is -0.203. The van der Waals surface area contributed by atoms with Crippen LogP contribution in [0.3, 0.4) is 0 Å². The summed E-state index contributed by atoms with van der Waals surface area (Å²) in [4.78, 5) is 35.3. The number of hydrogen-bond donors (Lipinski definition) is 3. The largest absolute Gasteiger partial charge is 0.491 e. The zero-order valence-corrected chi connectivity index (χ0v) is 15.6. The van der Waals surface area contributed by atoms with Crippen molar-refractivity contribution in [1.29, 1.82) is 0 Å². The third-order valence-electron chi connectivity index (χ3n) is 4.17. The molecule has 0 spiro atoms. The number of rotatable bonds is 8. The first-order valence-corrected chi connectivity index (χ1v) is 8.73. The van der Waals surface area contributed by atoms with Gasteiger partial charge in [0.15, 0.2) is 5.66 Å². The van der Waals surface area contributed by atoms with Crippen molar-refractivity contribution in [1.82, 2.24) is 0 Å². The van der Waals surface area contributed by atoms with Crippen molar-refractivity contribution >= 4 is 23.6 Å². The number of carboxylic acids is 1. The maximum atomic E-state index is 12.5. The van der Waals surface area contributed by atoms with E-state index in [2.05, 4.69) is 10.1 Å². The van der Waals surface area contributed by atoms with Gasteiger partial charge in [0.1, 0.15) is 0 Å². The Bertz CT molecular complexity index is 890. The predicted octanol–water partition coefficient (Wildman–Crippen LogP) is 2.72. The van der Waals surface area contributed by atoms with E-state index >= 15 is 0 Å². The zero-order chi connectivity index (χ0) is 22.4. The zero-order valence-electron chi connectivity index (χ0n) is 15.6. The molecular weight excluding hydrogens is 405 g/mol. The van der Waals surface area contributed by atoms with Gasteiger partial charge in [-0.3, -0.25) is 10.5 Å². The number of para-hydroxylation sites is 1. The van der Waals surface area contributed by atoms with E-state index in [9.17, 15) is 32.7 Å². The maximum absolute atomic E-state index is 12.5. The number of hydrogen-bond acceptors (Lipinski definition) is 6. The summed E-state index contributed by atoms with van der Waals surface area (Å²) in [5.41, 5.74) is 4.57. The van der Waals surface area contributed by atoms with Crippen LogP contribution in [-0.2, 0) is 25.5 Å². The molecule has 0 saturated carbocycles. The molecule has 4 N–H and O–H groups in total. The first-order chi connectivity index (χ1) is 14.0. The molecule has 10 heteroatoms. The van der Waals surface area contributed by atoms with Gasteiger partial charge in [0, 0.05) is 12.1 Å². The molecule has 0 aliphatic rings. The van der Waals surface area contributed by atoms with E-state index in [1.165, 1.54) is 12.1 Å². The quantitative estimate of drug-likeness (QED) is 0.339. The number of nitrogens with two attached hydrogens (primary N) is 1. The second-order valence-corrected chi connectivity index (χ2v) is 6.56. The molecule has 2 atom stereocenters. The molecule has 2 aromatic rings. The number of esters is 2. The third-order valence-corrected chi connectivity index (χ3v) is 4.17. The standard InChI is InChI=1S/C20H19F3N2O5/c21-20(22,23)18(29)30-16(26)14(11-13-7-3-1-4-8-13)12-19(24,17(27)28)25-15-9-5-2-6-10-15/h1-10,14,25H,11-12,24H2,(H,27,28)/t14?,19-/m1/s1. The number of carbonyl (C=O) groups excluding carboxylic acids is 2. The number of alkyl halides is 3. The number of anilines is 1. The summed E-state index contributed by atoms with van der Waals surface area (Å²) < 4.78 is 41.4. The van der Waals surface area contributed by atoms with Crippen molar-refractivity contribution in [2.45, 2.75) is 24.7 Å². The molecule has 7 nitrogen and oxygen atoms in total. The minimum atomic E-state index is -5.37. The lowest BCUT2D eigenvalue weighted by Crippen LogP contribution is -2.57. The molecule has 0 aliphatic carbocycles. The molecule has 30 heavy (non-hydrogen) atoms. The predicted molar refractivity (Wildman–Crippen MR) is 100 cm³/mol. The van der Waals surface area contributed by atoms with Gasteiger partial charge in [0.05, 0.1) is 5.92 Å². The Balaban J connectivity index is 2.30. The minimum Gasteiger partial charge on any atom is -0.478 e. The number of aliphatic carboxylic acids is 1. The summed E-state index contributed by atoms with van der Waals surface area (Å²) in [5, 5.41) is 12.2. The first kappa shape index (κ1) is 22.9. The summed E-state index contributed by atoms with van der Waals surface area (Å²) >= 11 is 0. The van der Waals surface area contributed by atoms with E-state index in [0.717, 1.165) is 0 Å². The van der Waals surface area contributed by atoms with Crippen molar-refractivity contribution in [3.63, 3.8) is 0 Å². The summed E-state index contributed by atoms with van der Waals surface area (Å²) in [6, 6.07) is 16.1. The normalized spacial score (nSPS) is 14.3. The van der Waals surface area contributed by atoms with Crippen molar-refractivity contribution in [2.75, 3.05) is 5.32 Å². The van der Waals surface area contributed by atoms with Crippen LogP contribution in [0.2, 0.25) is 0 Å². The van der Waals surface area contributed by atoms with Crippen LogP contribution in [0.1, 0.15) is 12.0 Å². The molecule has 2 rings (SSSR count). The Kier molecular flexibility index (Phi) is 7.17. The Hall–Kier alpha value is -3.40. The van der Waals surface area contributed by atoms with E-state index in [-0.39, 0.29) is 6.42 Å². The van der Waals surface area contributed by atoms with Crippen molar-refractivity contribution in [3.8, 4) is 0 Å². The molecule has 1 unspecified atom stereocenters. The fourth-order valence-corrected chi connectivity index (χ4v) is 2.73. The highest BCUT2D eigenvalue weighted by Gasteiger charge is 2.45. The van der Waals surface area contributed by atoms with Gasteiger partial charge in [-0.2, -0.15) is 13.2 Å². The molecule has 0 radical (unpaired) electrons. The summed E-state index contributed by atoms with van der Waals surface area (Å²) in [6.45, 7) is 0. The molecule has 160 valence electrons. The van der Waals surface area contributed by atoms with Gasteiger partial charge < -0.3 is 15.2 Å². The van der Waals surface area contributed by atoms with Gasteiger partial charge >= 0.3 is 24.1 Å². The lowest BCUT2D eigenvalue weighted by Gasteiger charge is -2.30. The number of carboxylic acid groups (broad SMARTS) is 1. The molecule has 2 aromatic carbocycles. The minimum absolute atomic E-state index is 0.187. The monoisotopic (exact) mass is 424 g/mol. The van der Waals surface area contributed by atoms with Gasteiger partial charge in [-0.15, -0.1) is 0 Å². The van der Waals surface area contributed by atoms with Gasteiger partial charge in [0.25, 0.3) is 0 Å². The molecule has 0 saturated heterocycles. The highest BCUT2D eigenvalue weighted by atomic mass is 19.4. The average Bonchev–Trinajstić information content (AvgIpc) is 2.68. The molecule has 0 aromatic heterocycles. The fraction of sp³-hybridized carbons (Fsp3) is 0.250. The van der Waals surface area contributed by atoms with E-state index in [1.54, 1.807) is 48.5 Å². The Morgan fingerprint density at radius 3 is 2.03 bits per heavy atom. The highest BCUT2D eigenvalue weighted by Crippen LogP contribution is 2.25. The van der Waals surface area contributed by atoms with Crippen molar-refractivity contribution in [3.05, 3.63) is 66.2 Å². The molecular formula is C20H19F3N2O5. The number of carbonyl (C=O) groups is 3. The number of benzene rings is 2. The first-order valence-electron chi connectivity index (χ1n) is 8.73.